The monoisotopic (exact) mass is 333 g/mol. The number of aliphatic hydroxyl groups is 1. The summed E-state index contributed by atoms with van der Waals surface area (Å²) in [4.78, 5) is 26.4. The second kappa shape index (κ2) is 5.92. The molecule has 6 nitrogen and oxygen atoms in total. The number of furan rings is 1. The number of aliphatic hydroxyl groups excluding tert-OH is 1. The van der Waals surface area contributed by atoms with Crippen molar-refractivity contribution in [1.29, 1.82) is 0 Å². The Bertz CT molecular complexity index is 636. The molecule has 1 amide bonds. The third kappa shape index (κ3) is 2.62. The van der Waals surface area contributed by atoms with E-state index >= 15 is 0 Å². The summed E-state index contributed by atoms with van der Waals surface area (Å²) in [5.41, 5.74) is 0.605. The van der Waals surface area contributed by atoms with Crippen molar-refractivity contribution >= 4 is 11.9 Å². The molecule has 2 aliphatic carbocycles. The van der Waals surface area contributed by atoms with Gasteiger partial charge < -0.3 is 19.5 Å². The van der Waals surface area contributed by atoms with Crippen LogP contribution in [-0.4, -0.2) is 39.6 Å². The normalized spacial score (nSPS) is 35.4. The molecule has 0 radical (unpaired) electrons. The van der Waals surface area contributed by atoms with E-state index < -0.39 is 12.0 Å². The highest BCUT2D eigenvalue weighted by Crippen LogP contribution is 2.44. The van der Waals surface area contributed by atoms with Crippen molar-refractivity contribution in [3.8, 4) is 0 Å². The highest BCUT2D eigenvalue weighted by atomic mass is 16.4. The highest BCUT2D eigenvalue weighted by Gasteiger charge is 2.43. The van der Waals surface area contributed by atoms with Gasteiger partial charge in [-0.3, -0.25) is 4.79 Å². The Labute approximate surface area is 140 Å². The van der Waals surface area contributed by atoms with Gasteiger partial charge in [0.05, 0.1) is 12.4 Å². The van der Waals surface area contributed by atoms with Gasteiger partial charge in [0.1, 0.15) is 5.76 Å². The summed E-state index contributed by atoms with van der Waals surface area (Å²) in [7, 11) is 0. The van der Waals surface area contributed by atoms with E-state index in [1.165, 1.54) is 11.2 Å². The quantitative estimate of drug-likeness (QED) is 0.863. The first kappa shape index (κ1) is 15.7. The van der Waals surface area contributed by atoms with Gasteiger partial charge in [0.25, 0.3) is 0 Å². The topological polar surface area (TPSA) is 91.0 Å². The summed E-state index contributed by atoms with van der Waals surface area (Å²) in [5.74, 6) is 0.294. The van der Waals surface area contributed by atoms with Gasteiger partial charge in [-0.05, 0) is 50.0 Å². The molecule has 1 aromatic heterocycles. The van der Waals surface area contributed by atoms with Crippen LogP contribution in [0.3, 0.4) is 0 Å². The second-order valence-electron chi connectivity index (χ2n) is 7.58. The summed E-state index contributed by atoms with van der Waals surface area (Å²) in [6.07, 6.45) is 6.01. The van der Waals surface area contributed by atoms with Crippen LogP contribution in [0.4, 0.5) is 0 Å². The molecular weight excluding hydrogens is 310 g/mol. The molecule has 1 aromatic rings. The van der Waals surface area contributed by atoms with E-state index in [4.69, 9.17) is 4.42 Å². The smallest absolute Gasteiger partial charge is 0.331 e. The summed E-state index contributed by atoms with van der Waals surface area (Å²) in [5, 5.41) is 19.6. The molecule has 3 unspecified atom stereocenters. The van der Waals surface area contributed by atoms with Crippen molar-refractivity contribution in [3.05, 3.63) is 23.7 Å². The fraction of sp³-hybridized carbons (Fsp3) is 0.667. The van der Waals surface area contributed by atoms with Gasteiger partial charge in [-0.15, -0.1) is 0 Å². The number of fused-ring (bicyclic) bond motifs is 3. The third-order valence-corrected chi connectivity index (χ3v) is 5.95. The third-order valence-electron chi connectivity index (χ3n) is 5.95. The molecule has 5 atom stereocenters. The Hall–Kier alpha value is -1.82. The molecule has 130 valence electrons. The van der Waals surface area contributed by atoms with E-state index in [1.54, 1.807) is 6.07 Å². The zero-order valence-corrected chi connectivity index (χ0v) is 13.6. The van der Waals surface area contributed by atoms with Crippen molar-refractivity contribution < 1.29 is 24.2 Å². The average Bonchev–Trinajstić information content (AvgIpc) is 3.00. The number of hydrogen-bond acceptors (Lipinski definition) is 4. The van der Waals surface area contributed by atoms with Crippen LogP contribution in [0.25, 0.3) is 0 Å². The van der Waals surface area contributed by atoms with Crippen LogP contribution in [0.2, 0.25) is 0 Å². The van der Waals surface area contributed by atoms with Gasteiger partial charge in [0.15, 0.2) is 6.04 Å². The maximum absolute atomic E-state index is 13.1. The number of aliphatic carboxylic acids is 1. The number of carboxylic acids is 1. The Kier molecular flexibility index (Phi) is 3.87. The van der Waals surface area contributed by atoms with Gasteiger partial charge in [-0.1, -0.05) is 0 Å². The molecule has 2 bridgehead atoms. The first-order valence-electron chi connectivity index (χ1n) is 8.80. The number of amides is 1. The lowest BCUT2D eigenvalue weighted by molar-refractivity contribution is -0.154. The molecule has 2 fully saturated rings. The van der Waals surface area contributed by atoms with Crippen LogP contribution in [0.5, 0.6) is 0 Å². The highest BCUT2D eigenvalue weighted by molar-refractivity contribution is 5.86. The molecule has 0 spiro atoms. The van der Waals surface area contributed by atoms with Crippen LogP contribution in [0.15, 0.2) is 16.7 Å². The molecule has 2 N–H and O–H groups in total. The predicted molar refractivity (Wildman–Crippen MR) is 84.1 cm³/mol. The van der Waals surface area contributed by atoms with E-state index in [9.17, 15) is 19.8 Å². The Morgan fingerprint density at radius 1 is 1.12 bits per heavy atom. The minimum Gasteiger partial charge on any atom is -0.479 e. The maximum atomic E-state index is 13.1. The molecule has 0 saturated heterocycles. The minimum absolute atomic E-state index is 0.0414. The number of rotatable bonds is 2. The minimum atomic E-state index is -1.00. The van der Waals surface area contributed by atoms with Crippen molar-refractivity contribution in [2.24, 2.45) is 17.8 Å². The standard InChI is InChI=1S/C18H23NO5/c20-13-8-10-5-11(9-13)7-12(6-10)17(21)19-3-1-15-14(2-4-24-15)16(19)18(22)23/h2,4,10-13,16,20H,1,3,5-9H2,(H,22,23)/t10-,11+,12?,13?,16?. The first-order valence-corrected chi connectivity index (χ1v) is 8.80. The van der Waals surface area contributed by atoms with Crippen LogP contribution >= 0.6 is 0 Å². The number of hydrogen-bond donors (Lipinski definition) is 2. The summed E-state index contributed by atoms with van der Waals surface area (Å²) < 4.78 is 5.35. The second-order valence-corrected chi connectivity index (χ2v) is 7.58. The zero-order valence-electron chi connectivity index (χ0n) is 13.6. The predicted octanol–water partition coefficient (Wildman–Crippen LogP) is 1.98. The SMILES string of the molecule is O=C(O)C1c2ccoc2CCN1C(=O)C1C[C@H]2CC(O)C[C@@H](C1)C2. The number of carbonyl (C=O) groups is 2. The lowest BCUT2D eigenvalue weighted by atomic mass is 9.67. The Balaban J connectivity index is 1.55. The molecule has 2 heterocycles. The van der Waals surface area contributed by atoms with Crippen LogP contribution < -0.4 is 0 Å². The van der Waals surface area contributed by atoms with E-state index in [0.29, 0.717) is 36.1 Å². The zero-order chi connectivity index (χ0) is 16.8. The maximum Gasteiger partial charge on any atom is 0.331 e. The molecule has 2 saturated carbocycles. The lowest BCUT2D eigenvalue weighted by Gasteiger charge is -2.43. The summed E-state index contributed by atoms with van der Waals surface area (Å²) in [6, 6.07) is 0.729. The van der Waals surface area contributed by atoms with Gasteiger partial charge >= 0.3 is 5.97 Å². The van der Waals surface area contributed by atoms with E-state index in [2.05, 4.69) is 0 Å². The van der Waals surface area contributed by atoms with E-state index in [-0.39, 0.29) is 17.9 Å². The molecular formula is C18H23NO5. The van der Waals surface area contributed by atoms with Gasteiger partial charge in [-0.2, -0.15) is 0 Å². The van der Waals surface area contributed by atoms with Crippen molar-refractivity contribution in [2.45, 2.75) is 50.7 Å². The van der Waals surface area contributed by atoms with Gasteiger partial charge in [0, 0.05) is 24.4 Å². The van der Waals surface area contributed by atoms with E-state index in [1.807, 2.05) is 0 Å². The largest absolute Gasteiger partial charge is 0.479 e. The van der Waals surface area contributed by atoms with Crippen LogP contribution in [0, 0.1) is 17.8 Å². The number of carbonyl (C=O) groups excluding carboxylic acids is 1. The fourth-order valence-electron chi connectivity index (χ4n) is 5.07. The molecule has 1 aliphatic heterocycles. The molecule has 24 heavy (non-hydrogen) atoms. The lowest BCUT2D eigenvalue weighted by Crippen LogP contribution is -2.48. The summed E-state index contributed by atoms with van der Waals surface area (Å²) >= 11 is 0. The average molecular weight is 333 g/mol. The molecule has 4 rings (SSSR count). The molecule has 3 aliphatic rings. The van der Waals surface area contributed by atoms with Gasteiger partial charge in [-0.25, -0.2) is 4.79 Å². The van der Waals surface area contributed by atoms with Crippen molar-refractivity contribution in [2.75, 3.05) is 6.54 Å². The van der Waals surface area contributed by atoms with Gasteiger partial charge in [0.2, 0.25) is 5.91 Å². The molecule has 6 heteroatoms. The van der Waals surface area contributed by atoms with Crippen molar-refractivity contribution in [1.82, 2.24) is 4.90 Å². The number of carboxylic acid groups (broad SMARTS) is 1. The van der Waals surface area contributed by atoms with Crippen LogP contribution in [-0.2, 0) is 16.0 Å². The molecule has 0 aromatic carbocycles. The first-order chi connectivity index (χ1) is 11.5. The van der Waals surface area contributed by atoms with E-state index in [0.717, 1.165) is 32.1 Å². The Morgan fingerprint density at radius 2 is 1.83 bits per heavy atom. The fourth-order valence-corrected chi connectivity index (χ4v) is 5.07. The van der Waals surface area contributed by atoms with Crippen LogP contribution in [0.1, 0.15) is 49.5 Å². The van der Waals surface area contributed by atoms with Crippen molar-refractivity contribution in [3.63, 3.8) is 0 Å². The number of nitrogens with zero attached hydrogens (tertiary/aromatic N) is 1. The Morgan fingerprint density at radius 3 is 2.50 bits per heavy atom. The summed E-state index contributed by atoms with van der Waals surface area (Å²) in [6.45, 7) is 0.394.